The SMILES string of the molecule is COc1ccc(-c2nc3c(nc(C=C4C(=O)c5cc6ccccc6cc5C4=O)n3-c3ccccc3)o2)cc1. The van der Waals surface area contributed by atoms with Crippen molar-refractivity contribution >= 4 is 39.8 Å². The highest BCUT2D eigenvalue weighted by Gasteiger charge is 2.34. The Morgan fingerprint density at radius 1 is 0.789 bits per heavy atom. The number of Topliss-reactive ketones (excluding diaryl/α,β-unsaturated/α-hetero) is 2. The number of nitrogens with zero attached hydrogens (tertiary/aromatic N) is 3. The Bertz CT molecular complexity index is 1870. The lowest BCUT2D eigenvalue weighted by atomic mass is 10.0. The number of imidazole rings is 1. The van der Waals surface area contributed by atoms with Crippen molar-refractivity contribution in [3.63, 3.8) is 0 Å². The molecule has 0 radical (unpaired) electrons. The van der Waals surface area contributed by atoms with E-state index < -0.39 is 0 Å². The van der Waals surface area contributed by atoms with E-state index in [0.29, 0.717) is 34.2 Å². The predicted octanol–water partition coefficient (Wildman–Crippen LogP) is 6.30. The number of hydrogen-bond donors (Lipinski definition) is 0. The Hall–Kier alpha value is -5.30. The van der Waals surface area contributed by atoms with Crippen molar-refractivity contribution in [2.45, 2.75) is 0 Å². The zero-order chi connectivity index (χ0) is 25.8. The van der Waals surface area contributed by atoms with Gasteiger partial charge in [-0.2, -0.15) is 9.97 Å². The molecule has 4 aromatic carbocycles. The Balaban J connectivity index is 1.38. The van der Waals surface area contributed by atoms with Gasteiger partial charge in [-0.05, 0) is 65.4 Å². The summed E-state index contributed by atoms with van der Waals surface area (Å²) in [6, 6.07) is 28.1. The maximum absolute atomic E-state index is 13.4. The Morgan fingerprint density at radius 3 is 2.05 bits per heavy atom. The highest BCUT2D eigenvalue weighted by atomic mass is 16.5. The van der Waals surface area contributed by atoms with Crippen LogP contribution in [0.4, 0.5) is 0 Å². The minimum absolute atomic E-state index is 0.0653. The first kappa shape index (κ1) is 21.9. The van der Waals surface area contributed by atoms with Crippen LogP contribution in [0.2, 0.25) is 0 Å². The molecule has 0 atom stereocenters. The fourth-order valence-electron chi connectivity index (χ4n) is 4.84. The lowest BCUT2D eigenvalue weighted by Crippen LogP contribution is -2.04. The van der Waals surface area contributed by atoms with Gasteiger partial charge in [0.15, 0.2) is 11.6 Å². The number of methoxy groups -OCH3 is 1. The van der Waals surface area contributed by atoms with E-state index >= 15 is 0 Å². The quantitative estimate of drug-likeness (QED) is 0.210. The van der Waals surface area contributed by atoms with Gasteiger partial charge >= 0.3 is 0 Å². The summed E-state index contributed by atoms with van der Waals surface area (Å²) in [5, 5.41) is 1.82. The summed E-state index contributed by atoms with van der Waals surface area (Å²) in [7, 11) is 1.61. The van der Waals surface area contributed by atoms with Crippen LogP contribution in [0.25, 0.3) is 45.4 Å². The third-order valence-electron chi connectivity index (χ3n) is 6.74. The highest BCUT2D eigenvalue weighted by molar-refractivity contribution is 6.42. The molecule has 182 valence electrons. The van der Waals surface area contributed by atoms with E-state index in [-0.39, 0.29) is 17.1 Å². The van der Waals surface area contributed by atoms with Gasteiger partial charge in [0.1, 0.15) is 11.6 Å². The molecule has 7 heteroatoms. The molecule has 0 saturated carbocycles. The monoisotopic (exact) mass is 497 g/mol. The molecule has 7 rings (SSSR count). The molecule has 1 aliphatic rings. The summed E-state index contributed by atoms with van der Waals surface area (Å²) < 4.78 is 13.0. The first-order valence-corrected chi connectivity index (χ1v) is 12.0. The molecule has 38 heavy (non-hydrogen) atoms. The number of ketones is 2. The third kappa shape index (κ3) is 3.37. The Kier molecular flexibility index (Phi) is 4.84. The van der Waals surface area contributed by atoms with Gasteiger partial charge in [0.25, 0.3) is 5.71 Å². The zero-order valence-corrected chi connectivity index (χ0v) is 20.2. The molecule has 0 bridgehead atoms. The molecular weight excluding hydrogens is 478 g/mol. The second kappa shape index (κ2) is 8.38. The maximum atomic E-state index is 13.4. The largest absolute Gasteiger partial charge is 0.497 e. The number of ether oxygens (including phenoxy) is 1. The molecular formula is C31H19N3O4. The third-order valence-corrected chi connectivity index (χ3v) is 6.74. The van der Waals surface area contributed by atoms with Crippen LogP contribution in [-0.2, 0) is 0 Å². The van der Waals surface area contributed by atoms with Crippen molar-refractivity contribution < 1.29 is 18.7 Å². The Morgan fingerprint density at radius 2 is 1.42 bits per heavy atom. The molecule has 0 aliphatic heterocycles. The van der Waals surface area contributed by atoms with E-state index in [1.807, 2.05) is 78.9 Å². The lowest BCUT2D eigenvalue weighted by molar-refractivity contribution is 0.0990. The van der Waals surface area contributed by atoms with Crippen LogP contribution in [0.5, 0.6) is 5.75 Å². The van der Waals surface area contributed by atoms with Crippen LogP contribution in [0.3, 0.4) is 0 Å². The number of oxazole rings is 1. The van der Waals surface area contributed by atoms with Crippen molar-refractivity contribution in [1.29, 1.82) is 0 Å². The zero-order valence-electron chi connectivity index (χ0n) is 20.2. The maximum Gasteiger partial charge on any atom is 0.267 e. The molecule has 0 unspecified atom stereocenters. The number of carbonyl (C=O) groups excluding carboxylic acids is 2. The van der Waals surface area contributed by atoms with E-state index in [9.17, 15) is 9.59 Å². The molecule has 7 nitrogen and oxygen atoms in total. The smallest absolute Gasteiger partial charge is 0.267 e. The first-order chi connectivity index (χ1) is 18.6. The van der Waals surface area contributed by atoms with Gasteiger partial charge in [-0.3, -0.25) is 14.2 Å². The molecule has 0 fully saturated rings. The second-order valence-electron chi connectivity index (χ2n) is 8.98. The van der Waals surface area contributed by atoms with E-state index in [4.69, 9.17) is 14.1 Å². The highest BCUT2D eigenvalue weighted by Crippen LogP contribution is 2.33. The second-order valence-corrected chi connectivity index (χ2v) is 8.98. The van der Waals surface area contributed by atoms with Gasteiger partial charge in [-0.15, -0.1) is 0 Å². The van der Waals surface area contributed by atoms with Crippen molar-refractivity contribution in [1.82, 2.24) is 14.5 Å². The molecule has 2 aromatic heterocycles. The summed E-state index contributed by atoms with van der Waals surface area (Å²) in [5.74, 6) is 0.878. The van der Waals surface area contributed by atoms with Crippen LogP contribution in [-0.4, -0.2) is 33.2 Å². The number of para-hydroxylation sites is 1. The molecule has 0 N–H and O–H groups in total. The van der Waals surface area contributed by atoms with Crippen LogP contribution in [0, 0.1) is 0 Å². The summed E-state index contributed by atoms with van der Waals surface area (Å²) in [6.45, 7) is 0. The average Bonchev–Trinajstić information content (AvgIpc) is 3.59. The van der Waals surface area contributed by atoms with Crippen LogP contribution in [0.15, 0.2) is 101 Å². The minimum atomic E-state index is -0.318. The number of hydrogen-bond acceptors (Lipinski definition) is 6. The van der Waals surface area contributed by atoms with E-state index in [0.717, 1.165) is 27.8 Å². The number of benzene rings is 4. The molecule has 0 saturated heterocycles. The lowest BCUT2D eigenvalue weighted by Gasteiger charge is -2.06. The Labute approximate surface area is 216 Å². The van der Waals surface area contributed by atoms with Crippen LogP contribution >= 0.6 is 0 Å². The predicted molar refractivity (Wildman–Crippen MR) is 144 cm³/mol. The van der Waals surface area contributed by atoms with Gasteiger partial charge in [0.05, 0.1) is 12.7 Å². The van der Waals surface area contributed by atoms with Crippen molar-refractivity contribution in [3.05, 3.63) is 114 Å². The minimum Gasteiger partial charge on any atom is -0.497 e. The number of rotatable bonds is 4. The van der Waals surface area contributed by atoms with Gasteiger partial charge in [-0.25, -0.2) is 0 Å². The number of fused-ring (bicyclic) bond motifs is 3. The molecule has 2 heterocycles. The summed E-state index contributed by atoms with van der Waals surface area (Å²) in [4.78, 5) is 36.1. The summed E-state index contributed by atoms with van der Waals surface area (Å²) >= 11 is 0. The fourth-order valence-corrected chi connectivity index (χ4v) is 4.84. The molecule has 1 aliphatic carbocycles. The first-order valence-electron chi connectivity index (χ1n) is 12.0. The standard InChI is InChI=1S/C31H19N3O4/c1-37-22-13-11-18(12-14-22)30-33-29-31(38-30)32-26(34(29)21-9-3-2-4-10-21)17-25-27(35)23-15-19-7-5-6-8-20(19)16-24(23)28(25)36/h2-17H,1H3. The van der Waals surface area contributed by atoms with E-state index in [1.165, 1.54) is 6.08 Å². The van der Waals surface area contributed by atoms with Crippen LogP contribution < -0.4 is 4.74 Å². The van der Waals surface area contributed by atoms with Crippen molar-refractivity contribution in [2.75, 3.05) is 7.11 Å². The average molecular weight is 498 g/mol. The fraction of sp³-hybridized carbons (Fsp3) is 0.0323. The van der Waals surface area contributed by atoms with Gasteiger partial charge < -0.3 is 9.15 Å². The number of carbonyl (C=O) groups is 2. The van der Waals surface area contributed by atoms with E-state index in [1.54, 1.807) is 23.8 Å². The van der Waals surface area contributed by atoms with Crippen molar-refractivity contribution in [2.24, 2.45) is 0 Å². The molecule has 0 amide bonds. The van der Waals surface area contributed by atoms with Gasteiger partial charge in [-0.1, -0.05) is 42.5 Å². The molecule has 0 spiro atoms. The van der Waals surface area contributed by atoms with Crippen LogP contribution in [0.1, 0.15) is 26.5 Å². The summed E-state index contributed by atoms with van der Waals surface area (Å²) in [6.07, 6.45) is 1.53. The van der Waals surface area contributed by atoms with Gasteiger partial charge in [0.2, 0.25) is 11.5 Å². The number of aromatic nitrogens is 3. The van der Waals surface area contributed by atoms with Crippen molar-refractivity contribution in [3.8, 4) is 22.9 Å². The normalized spacial score (nSPS) is 12.9. The number of allylic oxidation sites excluding steroid dienone is 1. The van der Waals surface area contributed by atoms with E-state index in [2.05, 4.69) is 4.98 Å². The van der Waals surface area contributed by atoms with Gasteiger partial charge in [0, 0.05) is 22.4 Å². The summed E-state index contributed by atoms with van der Waals surface area (Å²) in [5.41, 5.74) is 3.20. The molecule has 6 aromatic rings. The topological polar surface area (TPSA) is 87.2 Å².